The van der Waals surface area contributed by atoms with Crippen LogP contribution in [0.15, 0.2) is 18.2 Å². The maximum Gasteiger partial charge on any atom is 0.322 e. The molecular weight excluding hydrogens is 340 g/mol. The molecule has 1 aromatic carbocycles. The first kappa shape index (κ1) is 20.0. The monoisotopic (exact) mass is 374 g/mol. The first-order valence-corrected chi connectivity index (χ1v) is 10.2. The van der Waals surface area contributed by atoms with Crippen molar-refractivity contribution >= 4 is 11.7 Å². The van der Waals surface area contributed by atoms with Gasteiger partial charge < -0.3 is 24.8 Å². The van der Waals surface area contributed by atoms with Crippen LogP contribution >= 0.6 is 0 Å². The minimum Gasteiger partial charge on any atom is -0.494 e. The van der Waals surface area contributed by atoms with E-state index >= 15 is 0 Å². The van der Waals surface area contributed by atoms with E-state index in [1.807, 2.05) is 17.0 Å². The number of urea groups is 1. The number of anilines is 1. The van der Waals surface area contributed by atoms with Gasteiger partial charge in [-0.25, -0.2) is 4.79 Å². The molecule has 1 fully saturated rings. The van der Waals surface area contributed by atoms with Crippen LogP contribution in [0.2, 0.25) is 0 Å². The van der Waals surface area contributed by atoms with Gasteiger partial charge in [-0.3, -0.25) is 0 Å². The predicted molar refractivity (Wildman–Crippen MR) is 109 cm³/mol. The summed E-state index contributed by atoms with van der Waals surface area (Å²) in [7, 11) is 4.14. The van der Waals surface area contributed by atoms with Crippen LogP contribution in [0.4, 0.5) is 10.5 Å². The standard InChI is InChI=1S/C21H34N4O2/c1-16(2)24-11-8-18(9-12-24)25-15-17-14-19(27-13-5-10-23(3)4)6-7-20(17)22-21(25)26/h6-7,14,16,18H,5,8-13,15H2,1-4H3,(H,22,26). The maximum atomic E-state index is 12.6. The number of rotatable bonds is 7. The third-order valence-corrected chi connectivity index (χ3v) is 5.61. The van der Waals surface area contributed by atoms with E-state index in [2.05, 4.69) is 49.1 Å². The molecule has 0 saturated carbocycles. The molecule has 1 saturated heterocycles. The van der Waals surface area contributed by atoms with E-state index in [1.54, 1.807) is 0 Å². The number of fused-ring (bicyclic) bond motifs is 1. The number of likely N-dealkylation sites (tertiary alicyclic amines) is 1. The van der Waals surface area contributed by atoms with Gasteiger partial charge in [-0.2, -0.15) is 0 Å². The van der Waals surface area contributed by atoms with Crippen LogP contribution in [0.5, 0.6) is 5.75 Å². The summed E-state index contributed by atoms with van der Waals surface area (Å²) in [6.45, 7) is 9.00. The van der Waals surface area contributed by atoms with Crippen molar-refractivity contribution in [1.82, 2.24) is 14.7 Å². The number of carbonyl (C=O) groups is 1. The number of piperidine rings is 1. The lowest BCUT2D eigenvalue weighted by Crippen LogP contribution is -2.51. The predicted octanol–water partition coefficient (Wildman–Crippen LogP) is 3.24. The number of nitrogens with zero attached hydrogens (tertiary/aromatic N) is 3. The van der Waals surface area contributed by atoms with Crippen LogP contribution in [0.1, 0.15) is 38.7 Å². The van der Waals surface area contributed by atoms with Crippen molar-refractivity contribution in [2.24, 2.45) is 0 Å². The SMILES string of the molecule is CC(C)N1CCC(N2Cc3cc(OCCCN(C)C)ccc3NC2=O)CC1. The third-order valence-electron chi connectivity index (χ3n) is 5.61. The fourth-order valence-electron chi connectivity index (χ4n) is 3.93. The highest BCUT2D eigenvalue weighted by Gasteiger charge is 2.32. The minimum atomic E-state index is 0.0325. The second-order valence-corrected chi connectivity index (χ2v) is 8.24. The molecule has 6 heteroatoms. The third kappa shape index (κ3) is 5.14. The van der Waals surface area contributed by atoms with Crippen molar-refractivity contribution in [1.29, 1.82) is 0 Å². The summed E-state index contributed by atoms with van der Waals surface area (Å²) in [6, 6.07) is 6.93. The molecule has 6 nitrogen and oxygen atoms in total. The average Bonchev–Trinajstić information content (AvgIpc) is 2.64. The van der Waals surface area contributed by atoms with Crippen molar-refractivity contribution in [2.45, 2.75) is 51.7 Å². The van der Waals surface area contributed by atoms with E-state index in [1.165, 1.54) is 0 Å². The Bertz CT molecular complexity index is 639. The minimum absolute atomic E-state index is 0.0325. The molecule has 2 amide bonds. The lowest BCUT2D eigenvalue weighted by Gasteiger charge is -2.41. The van der Waals surface area contributed by atoms with E-state index in [4.69, 9.17) is 4.74 Å². The van der Waals surface area contributed by atoms with E-state index in [0.29, 0.717) is 25.2 Å². The molecule has 0 unspecified atom stereocenters. The van der Waals surface area contributed by atoms with Gasteiger partial charge in [0.05, 0.1) is 6.61 Å². The van der Waals surface area contributed by atoms with Gasteiger partial charge in [-0.15, -0.1) is 0 Å². The highest BCUT2D eigenvalue weighted by Crippen LogP contribution is 2.30. The van der Waals surface area contributed by atoms with Crippen LogP contribution in [0.25, 0.3) is 0 Å². The Kier molecular flexibility index (Phi) is 6.60. The molecule has 0 aliphatic carbocycles. The zero-order chi connectivity index (χ0) is 19.4. The Morgan fingerprint density at radius 3 is 2.67 bits per heavy atom. The van der Waals surface area contributed by atoms with Gasteiger partial charge in [0.25, 0.3) is 0 Å². The molecule has 0 spiro atoms. The second-order valence-electron chi connectivity index (χ2n) is 8.24. The number of hydrogen-bond acceptors (Lipinski definition) is 4. The van der Waals surface area contributed by atoms with Gasteiger partial charge >= 0.3 is 6.03 Å². The Morgan fingerprint density at radius 1 is 1.26 bits per heavy atom. The summed E-state index contributed by atoms with van der Waals surface area (Å²) in [5.74, 6) is 0.887. The Balaban J connectivity index is 1.59. The van der Waals surface area contributed by atoms with Crippen molar-refractivity contribution in [3.8, 4) is 5.75 Å². The average molecular weight is 375 g/mol. The molecule has 0 bridgehead atoms. The van der Waals surface area contributed by atoms with Gasteiger partial charge in [0.1, 0.15) is 5.75 Å². The maximum absolute atomic E-state index is 12.6. The zero-order valence-electron chi connectivity index (χ0n) is 17.2. The molecule has 2 heterocycles. The second kappa shape index (κ2) is 8.93. The molecule has 1 N–H and O–H groups in total. The van der Waals surface area contributed by atoms with Gasteiger partial charge in [-0.1, -0.05) is 0 Å². The molecule has 150 valence electrons. The lowest BCUT2D eigenvalue weighted by molar-refractivity contribution is 0.105. The quantitative estimate of drug-likeness (QED) is 0.745. The van der Waals surface area contributed by atoms with Crippen LogP contribution in [-0.2, 0) is 6.54 Å². The first-order chi connectivity index (χ1) is 12.9. The molecule has 0 atom stereocenters. The number of nitrogens with one attached hydrogen (secondary N) is 1. The molecular formula is C21H34N4O2. The molecule has 1 aromatic rings. The van der Waals surface area contributed by atoms with E-state index < -0.39 is 0 Å². The largest absolute Gasteiger partial charge is 0.494 e. The number of benzene rings is 1. The van der Waals surface area contributed by atoms with Crippen LogP contribution in [0.3, 0.4) is 0 Å². The Labute approximate surface area is 163 Å². The lowest BCUT2D eigenvalue weighted by atomic mass is 10.00. The Morgan fingerprint density at radius 2 is 2.00 bits per heavy atom. The van der Waals surface area contributed by atoms with E-state index in [0.717, 1.165) is 55.9 Å². The molecule has 3 rings (SSSR count). The highest BCUT2D eigenvalue weighted by molar-refractivity contribution is 5.92. The molecule has 0 aromatic heterocycles. The highest BCUT2D eigenvalue weighted by atomic mass is 16.5. The summed E-state index contributed by atoms with van der Waals surface area (Å²) in [4.78, 5) is 19.3. The van der Waals surface area contributed by atoms with E-state index in [9.17, 15) is 4.79 Å². The number of carbonyl (C=O) groups excluding carboxylic acids is 1. The summed E-state index contributed by atoms with van der Waals surface area (Å²) in [6.07, 6.45) is 3.09. The summed E-state index contributed by atoms with van der Waals surface area (Å²) in [5.41, 5.74) is 2.06. The van der Waals surface area contributed by atoms with Gasteiger partial charge in [0.15, 0.2) is 0 Å². The molecule has 2 aliphatic heterocycles. The fraction of sp³-hybridized carbons (Fsp3) is 0.667. The normalized spacial score (nSPS) is 18.7. The van der Waals surface area contributed by atoms with Crippen molar-refractivity contribution in [3.63, 3.8) is 0 Å². The summed E-state index contributed by atoms with van der Waals surface area (Å²) < 4.78 is 5.91. The number of ether oxygens (including phenoxy) is 1. The topological polar surface area (TPSA) is 48.1 Å². The smallest absolute Gasteiger partial charge is 0.322 e. The molecule has 27 heavy (non-hydrogen) atoms. The van der Waals surface area contributed by atoms with Gasteiger partial charge in [0.2, 0.25) is 0 Å². The summed E-state index contributed by atoms with van der Waals surface area (Å²) >= 11 is 0. The zero-order valence-corrected chi connectivity index (χ0v) is 17.2. The van der Waals surface area contributed by atoms with Gasteiger partial charge in [-0.05, 0) is 71.0 Å². The van der Waals surface area contributed by atoms with E-state index in [-0.39, 0.29) is 6.03 Å². The fourth-order valence-corrected chi connectivity index (χ4v) is 3.93. The Hall–Kier alpha value is -1.79. The van der Waals surface area contributed by atoms with Crippen LogP contribution < -0.4 is 10.1 Å². The summed E-state index contributed by atoms with van der Waals surface area (Å²) in [5, 5.41) is 3.06. The molecule has 0 radical (unpaired) electrons. The van der Waals surface area contributed by atoms with Crippen molar-refractivity contribution in [3.05, 3.63) is 23.8 Å². The van der Waals surface area contributed by atoms with Crippen molar-refractivity contribution < 1.29 is 9.53 Å². The van der Waals surface area contributed by atoms with Crippen LogP contribution in [-0.4, -0.2) is 73.2 Å². The first-order valence-electron chi connectivity index (χ1n) is 10.2. The van der Waals surface area contributed by atoms with Crippen LogP contribution in [0, 0.1) is 0 Å². The number of hydrogen-bond donors (Lipinski definition) is 1. The number of amides is 2. The van der Waals surface area contributed by atoms with Gasteiger partial charge in [0, 0.05) is 44.0 Å². The van der Waals surface area contributed by atoms with Crippen molar-refractivity contribution in [2.75, 3.05) is 45.7 Å². The molecule has 2 aliphatic rings.